The molecule has 5 heteroatoms. The number of aliphatic hydroxyl groups is 1. The van der Waals surface area contributed by atoms with Gasteiger partial charge in [0.25, 0.3) is 0 Å². The Morgan fingerprint density at radius 2 is 1.81 bits per heavy atom. The first-order valence-corrected chi connectivity index (χ1v) is 9.67. The van der Waals surface area contributed by atoms with Crippen LogP contribution in [0.4, 0.5) is 5.69 Å². The van der Waals surface area contributed by atoms with E-state index < -0.39 is 0 Å². The fraction of sp³-hybridized carbons (Fsp3) is 0.409. The van der Waals surface area contributed by atoms with Crippen LogP contribution in [-0.4, -0.2) is 41.1 Å². The predicted octanol–water partition coefficient (Wildman–Crippen LogP) is 2.76. The second kappa shape index (κ2) is 9.53. The molecule has 144 valence electrons. The minimum Gasteiger partial charge on any atom is -0.392 e. The average Bonchev–Trinajstić information content (AvgIpc) is 2.70. The summed E-state index contributed by atoms with van der Waals surface area (Å²) in [6.07, 6.45) is 1.95. The number of carbonyl (C=O) groups excluding carboxylic acids is 1. The second-order valence-corrected chi connectivity index (χ2v) is 7.27. The first-order valence-electron chi connectivity index (χ1n) is 9.67. The van der Waals surface area contributed by atoms with Crippen LogP contribution in [0.25, 0.3) is 0 Å². The van der Waals surface area contributed by atoms with E-state index in [0.717, 1.165) is 43.7 Å². The first kappa shape index (κ1) is 19.4. The van der Waals surface area contributed by atoms with Crippen LogP contribution in [0.5, 0.6) is 0 Å². The van der Waals surface area contributed by atoms with Gasteiger partial charge in [-0.25, -0.2) is 0 Å². The van der Waals surface area contributed by atoms with E-state index in [-0.39, 0.29) is 24.6 Å². The molecule has 27 heavy (non-hydrogen) atoms. The van der Waals surface area contributed by atoms with Gasteiger partial charge in [-0.15, -0.1) is 0 Å². The number of likely N-dealkylation sites (tertiary alicyclic amines) is 1. The van der Waals surface area contributed by atoms with Crippen LogP contribution < -0.4 is 10.6 Å². The van der Waals surface area contributed by atoms with Gasteiger partial charge in [0.15, 0.2) is 0 Å². The summed E-state index contributed by atoms with van der Waals surface area (Å²) in [7, 11) is 0. The Hall–Kier alpha value is -2.37. The normalized spacial score (nSPS) is 16.7. The van der Waals surface area contributed by atoms with E-state index in [1.54, 1.807) is 0 Å². The highest BCUT2D eigenvalue weighted by molar-refractivity contribution is 5.84. The highest BCUT2D eigenvalue weighted by atomic mass is 16.3. The number of aliphatic hydroxyl groups excluding tert-OH is 1. The Kier molecular flexibility index (Phi) is 6.85. The molecule has 2 aromatic carbocycles. The molecule has 0 aliphatic carbocycles. The molecule has 1 heterocycles. The Morgan fingerprint density at radius 1 is 1.11 bits per heavy atom. The maximum absolute atomic E-state index is 12.5. The molecule has 1 unspecified atom stereocenters. The Bertz CT molecular complexity index is 727. The quantitative estimate of drug-likeness (QED) is 0.704. The molecule has 5 nitrogen and oxygen atoms in total. The van der Waals surface area contributed by atoms with Crippen molar-refractivity contribution in [1.82, 2.24) is 10.2 Å². The lowest BCUT2D eigenvalue weighted by atomic mass is 10.0. The number of amides is 1. The number of nitrogens with zero attached hydrogens (tertiary/aromatic N) is 1. The van der Waals surface area contributed by atoms with E-state index in [0.29, 0.717) is 0 Å². The molecular weight excluding hydrogens is 338 g/mol. The zero-order chi connectivity index (χ0) is 19.1. The molecule has 3 N–H and O–H groups in total. The Balaban J connectivity index is 1.43. The summed E-state index contributed by atoms with van der Waals surface area (Å²) in [6, 6.07) is 17.9. The van der Waals surface area contributed by atoms with Crippen molar-refractivity contribution >= 4 is 11.6 Å². The number of anilines is 1. The number of nitrogens with one attached hydrogen (secondary N) is 2. The van der Waals surface area contributed by atoms with E-state index >= 15 is 0 Å². The molecule has 1 aliphatic rings. The number of rotatable bonds is 7. The third-order valence-electron chi connectivity index (χ3n) is 5.07. The average molecular weight is 367 g/mol. The molecule has 1 amide bonds. The van der Waals surface area contributed by atoms with E-state index in [4.69, 9.17) is 0 Å². The summed E-state index contributed by atoms with van der Waals surface area (Å²) in [5.41, 5.74) is 3.02. The highest BCUT2D eigenvalue weighted by Crippen LogP contribution is 2.15. The molecule has 0 bridgehead atoms. The van der Waals surface area contributed by atoms with Gasteiger partial charge in [-0.05, 0) is 43.0 Å². The number of hydrogen-bond acceptors (Lipinski definition) is 4. The van der Waals surface area contributed by atoms with Crippen molar-refractivity contribution in [2.24, 2.45) is 0 Å². The molecule has 0 aromatic heterocycles. The van der Waals surface area contributed by atoms with Gasteiger partial charge in [-0.1, -0.05) is 42.5 Å². The fourth-order valence-electron chi connectivity index (χ4n) is 3.48. The molecule has 3 rings (SSSR count). The van der Waals surface area contributed by atoms with Crippen LogP contribution in [0, 0.1) is 0 Å². The Labute approximate surface area is 161 Å². The summed E-state index contributed by atoms with van der Waals surface area (Å²) in [4.78, 5) is 15.0. The van der Waals surface area contributed by atoms with Crippen molar-refractivity contribution in [2.75, 3.05) is 18.4 Å². The van der Waals surface area contributed by atoms with Gasteiger partial charge < -0.3 is 15.7 Å². The third kappa shape index (κ3) is 5.81. The van der Waals surface area contributed by atoms with Gasteiger partial charge in [0.1, 0.15) is 6.04 Å². The molecule has 2 aromatic rings. The van der Waals surface area contributed by atoms with Crippen molar-refractivity contribution < 1.29 is 9.90 Å². The summed E-state index contributed by atoms with van der Waals surface area (Å²) < 4.78 is 0. The van der Waals surface area contributed by atoms with Gasteiger partial charge in [0.05, 0.1) is 6.61 Å². The minimum absolute atomic E-state index is 0.00233. The standard InChI is InChI=1S/C22H29N3O2/c1-17(23-21-9-5-8-19(14-21)16-26)22(27)24-20-10-12-25(13-11-20)15-18-6-3-2-4-7-18/h2-9,14,17,20,23,26H,10-13,15-16H2,1H3,(H,24,27). The number of hydrogen-bond donors (Lipinski definition) is 3. The Morgan fingerprint density at radius 3 is 2.52 bits per heavy atom. The summed E-state index contributed by atoms with van der Waals surface area (Å²) in [5, 5.41) is 15.6. The van der Waals surface area contributed by atoms with E-state index in [9.17, 15) is 9.90 Å². The zero-order valence-corrected chi connectivity index (χ0v) is 15.9. The van der Waals surface area contributed by atoms with E-state index in [2.05, 4.69) is 39.8 Å². The van der Waals surface area contributed by atoms with E-state index in [1.165, 1.54) is 5.56 Å². The molecule has 1 aliphatic heterocycles. The lowest BCUT2D eigenvalue weighted by Crippen LogP contribution is -2.48. The number of benzene rings is 2. The van der Waals surface area contributed by atoms with Crippen LogP contribution in [0.15, 0.2) is 54.6 Å². The van der Waals surface area contributed by atoms with Crippen molar-refractivity contribution in [3.63, 3.8) is 0 Å². The lowest BCUT2D eigenvalue weighted by Gasteiger charge is -2.33. The molecule has 1 atom stereocenters. The second-order valence-electron chi connectivity index (χ2n) is 7.27. The molecular formula is C22H29N3O2. The highest BCUT2D eigenvalue weighted by Gasteiger charge is 2.22. The lowest BCUT2D eigenvalue weighted by molar-refractivity contribution is -0.122. The number of piperidine rings is 1. The zero-order valence-electron chi connectivity index (χ0n) is 15.9. The smallest absolute Gasteiger partial charge is 0.242 e. The van der Waals surface area contributed by atoms with Crippen LogP contribution in [0.1, 0.15) is 30.9 Å². The van der Waals surface area contributed by atoms with Gasteiger partial charge in [0, 0.05) is 31.4 Å². The minimum atomic E-state index is -0.318. The number of carbonyl (C=O) groups is 1. The molecule has 1 saturated heterocycles. The van der Waals surface area contributed by atoms with Gasteiger partial charge in [0.2, 0.25) is 5.91 Å². The molecule has 1 fully saturated rings. The largest absolute Gasteiger partial charge is 0.392 e. The SMILES string of the molecule is CC(Nc1cccc(CO)c1)C(=O)NC1CCN(Cc2ccccc2)CC1. The van der Waals surface area contributed by atoms with Crippen LogP contribution in [-0.2, 0) is 17.9 Å². The first-order chi connectivity index (χ1) is 13.1. The van der Waals surface area contributed by atoms with Gasteiger partial charge in [-0.3, -0.25) is 9.69 Å². The van der Waals surface area contributed by atoms with Crippen LogP contribution in [0.3, 0.4) is 0 Å². The summed E-state index contributed by atoms with van der Waals surface area (Å²) >= 11 is 0. The predicted molar refractivity (Wildman–Crippen MR) is 108 cm³/mol. The van der Waals surface area contributed by atoms with Crippen molar-refractivity contribution in [3.8, 4) is 0 Å². The third-order valence-corrected chi connectivity index (χ3v) is 5.07. The van der Waals surface area contributed by atoms with Crippen molar-refractivity contribution in [1.29, 1.82) is 0 Å². The maximum atomic E-state index is 12.5. The molecule has 0 radical (unpaired) electrons. The van der Waals surface area contributed by atoms with Crippen LogP contribution >= 0.6 is 0 Å². The van der Waals surface area contributed by atoms with Gasteiger partial charge >= 0.3 is 0 Å². The molecule has 0 saturated carbocycles. The monoisotopic (exact) mass is 367 g/mol. The van der Waals surface area contributed by atoms with Crippen molar-refractivity contribution in [3.05, 3.63) is 65.7 Å². The summed E-state index contributed by atoms with van der Waals surface area (Å²) in [6.45, 7) is 4.84. The van der Waals surface area contributed by atoms with Crippen molar-refractivity contribution in [2.45, 2.75) is 45.0 Å². The van der Waals surface area contributed by atoms with Crippen LogP contribution in [0.2, 0.25) is 0 Å². The molecule has 0 spiro atoms. The summed E-state index contributed by atoms with van der Waals surface area (Å²) in [5.74, 6) is 0.0194. The fourth-order valence-corrected chi connectivity index (χ4v) is 3.48. The van der Waals surface area contributed by atoms with Gasteiger partial charge in [-0.2, -0.15) is 0 Å². The maximum Gasteiger partial charge on any atom is 0.242 e. The van der Waals surface area contributed by atoms with E-state index in [1.807, 2.05) is 37.3 Å². The topological polar surface area (TPSA) is 64.6 Å².